The minimum atomic E-state index is -4.40. The largest absolute Gasteiger partial charge is 0.357 e. The first-order valence-electron chi connectivity index (χ1n) is 12.0. The van der Waals surface area contributed by atoms with Crippen molar-refractivity contribution in [3.05, 3.63) is 117 Å². The van der Waals surface area contributed by atoms with Crippen molar-refractivity contribution in [1.82, 2.24) is 10.3 Å². The standard InChI is InChI=1S/C28H27FN3O4S2/c1-2-23-18-37-28(30-23)26(16-20-11-13-24(14-12-20)32-38(34,35)36)31-27(33)25(15-19-7-4-3-5-8-19)21-9-6-10-22(29)17-21/h3-11,13-14,17-18,25-26,32H,2,15-16H2,1H3,(H,31,33)(H,34,35,36). The van der Waals surface area contributed by atoms with Crippen LogP contribution in [0.2, 0.25) is 0 Å². The molecule has 3 aromatic carbocycles. The third-order valence-electron chi connectivity index (χ3n) is 5.94. The number of aryl methyl sites for hydroxylation is 1. The summed E-state index contributed by atoms with van der Waals surface area (Å²) in [5, 5.41) is 5.80. The first-order valence-corrected chi connectivity index (χ1v) is 14.3. The van der Waals surface area contributed by atoms with Crippen molar-refractivity contribution in [2.75, 3.05) is 4.72 Å². The van der Waals surface area contributed by atoms with Gasteiger partial charge in [0.05, 0.1) is 23.3 Å². The average molecular weight is 553 g/mol. The summed E-state index contributed by atoms with van der Waals surface area (Å²) < 4.78 is 47.3. The highest BCUT2D eigenvalue weighted by atomic mass is 32.2. The average Bonchev–Trinajstić information content (AvgIpc) is 3.37. The number of anilines is 1. The predicted molar refractivity (Wildman–Crippen MR) is 146 cm³/mol. The van der Waals surface area contributed by atoms with Crippen LogP contribution in [-0.2, 0) is 34.4 Å². The van der Waals surface area contributed by atoms with Crippen LogP contribution in [0.15, 0.2) is 78.2 Å². The van der Waals surface area contributed by atoms with Crippen LogP contribution in [0.4, 0.5) is 10.1 Å². The Kier molecular flexibility index (Phi) is 8.88. The summed E-state index contributed by atoms with van der Waals surface area (Å²) in [5.41, 5.74) is 3.30. The zero-order chi connectivity index (χ0) is 27.1. The summed E-state index contributed by atoms with van der Waals surface area (Å²) >= 11 is 1.44. The fourth-order valence-corrected chi connectivity index (χ4v) is 5.45. The predicted octanol–water partition coefficient (Wildman–Crippen LogP) is 5.29. The number of aromatic nitrogens is 1. The molecule has 38 heavy (non-hydrogen) atoms. The van der Waals surface area contributed by atoms with Crippen LogP contribution in [0.1, 0.15) is 46.3 Å². The summed E-state index contributed by atoms with van der Waals surface area (Å²) in [7, 11) is -4.40. The zero-order valence-corrected chi connectivity index (χ0v) is 22.2. The van der Waals surface area contributed by atoms with Crippen LogP contribution in [0.5, 0.6) is 0 Å². The number of rotatable bonds is 11. The molecule has 4 rings (SSSR count). The van der Waals surface area contributed by atoms with Gasteiger partial charge in [-0.15, -0.1) is 11.3 Å². The minimum Gasteiger partial charge on any atom is -0.346 e. The van der Waals surface area contributed by atoms with Gasteiger partial charge in [0.1, 0.15) is 10.8 Å². The molecule has 1 heterocycles. The summed E-state index contributed by atoms with van der Waals surface area (Å²) in [6, 6.07) is 22.7. The Hall–Kier alpha value is -3.60. The van der Waals surface area contributed by atoms with Crippen LogP contribution < -0.4 is 10.0 Å². The number of nitrogens with one attached hydrogen (secondary N) is 2. The third-order valence-corrected chi connectivity index (χ3v) is 7.45. The SMILES string of the molecule is CCc1csc(C(Cc2[c]cc(NS(=O)(=O)O)cc2)NC(=O)C(Cc2ccccc2)c2cccc(F)c2)n1. The number of hydrogen-bond acceptors (Lipinski definition) is 5. The van der Waals surface area contributed by atoms with Gasteiger partial charge >= 0.3 is 10.3 Å². The van der Waals surface area contributed by atoms with E-state index in [9.17, 15) is 17.6 Å². The molecule has 2 unspecified atom stereocenters. The van der Waals surface area contributed by atoms with E-state index in [1.807, 2.05) is 47.4 Å². The number of carbonyl (C=O) groups is 1. The van der Waals surface area contributed by atoms with Crippen LogP contribution in [0.3, 0.4) is 0 Å². The Morgan fingerprint density at radius 2 is 1.89 bits per heavy atom. The van der Waals surface area contributed by atoms with Gasteiger partial charge in [-0.3, -0.25) is 14.1 Å². The second kappa shape index (κ2) is 12.3. The molecule has 0 aliphatic carbocycles. The Morgan fingerprint density at radius 3 is 2.53 bits per heavy atom. The molecular formula is C28H27FN3O4S2. The van der Waals surface area contributed by atoms with Crippen molar-refractivity contribution < 1.29 is 22.2 Å². The zero-order valence-electron chi connectivity index (χ0n) is 20.6. The summed E-state index contributed by atoms with van der Waals surface area (Å²) in [6.45, 7) is 2.00. The van der Waals surface area contributed by atoms with Crippen molar-refractivity contribution in [3.8, 4) is 0 Å². The second-order valence-electron chi connectivity index (χ2n) is 8.77. The van der Waals surface area contributed by atoms with Crippen molar-refractivity contribution in [2.24, 2.45) is 0 Å². The van der Waals surface area contributed by atoms with Gasteiger partial charge < -0.3 is 5.32 Å². The summed E-state index contributed by atoms with van der Waals surface area (Å²) in [5.74, 6) is -1.31. The first kappa shape index (κ1) is 27.4. The van der Waals surface area contributed by atoms with E-state index in [0.29, 0.717) is 24.0 Å². The van der Waals surface area contributed by atoms with Gasteiger partial charge in [0.2, 0.25) is 5.91 Å². The van der Waals surface area contributed by atoms with E-state index < -0.39 is 28.1 Å². The normalized spacial score (nSPS) is 13.0. The fourth-order valence-electron chi connectivity index (χ4n) is 4.07. The molecule has 3 N–H and O–H groups in total. The van der Waals surface area contributed by atoms with Gasteiger partial charge in [0, 0.05) is 5.38 Å². The molecule has 4 aromatic rings. The lowest BCUT2D eigenvalue weighted by molar-refractivity contribution is -0.123. The summed E-state index contributed by atoms with van der Waals surface area (Å²) in [6.07, 6.45) is 1.48. The van der Waals surface area contributed by atoms with Crippen LogP contribution in [-0.4, -0.2) is 23.9 Å². The van der Waals surface area contributed by atoms with Crippen molar-refractivity contribution in [3.63, 3.8) is 0 Å². The lowest BCUT2D eigenvalue weighted by atomic mass is 9.90. The maximum Gasteiger partial charge on any atom is 0.357 e. The number of benzene rings is 3. The maximum absolute atomic E-state index is 14.1. The van der Waals surface area contributed by atoms with Gasteiger partial charge in [-0.25, -0.2) is 9.37 Å². The van der Waals surface area contributed by atoms with E-state index in [1.165, 1.54) is 35.6 Å². The molecule has 1 aromatic heterocycles. The molecule has 0 saturated heterocycles. The number of carbonyl (C=O) groups excluding carboxylic acids is 1. The van der Waals surface area contributed by atoms with Gasteiger partial charge in [-0.05, 0) is 66.3 Å². The monoisotopic (exact) mass is 552 g/mol. The molecule has 0 fully saturated rings. The number of halogens is 1. The van der Waals surface area contributed by atoms with Crippen molar-refractivity contribution in [2.45, 2.75) is 38.1 Å². The van der Waals surface area contributed by atoms with E-state index >= 15 is 0 Å². The molecule has 197 valence electrons. The highest BCUT2D eigenvalue weighted by molar-refractivity contribution is 7.87. The molecule has 1 radical (unpaired) electrons. The van der Waals surface area contributed by atoms with Gasteiger partial charge in [-0.2, -0.15) is 8.42 Å². The van der Waals surface area contributed by atoms with Crippen molar-refractivity contribution in [1.29, 1.82) is 0 Å². The second-order valence-corrected chi connectivity index (χ2v) is 10.8. The van der Waals surface area contributed by atoms with Crippen molar-refractivity contribution >= 4 is 33.2 Å². The highest BCUT2D eigenvalue weighted by Gasteiger charge is 2.26. The van der Waals surface area contributed by atoms with E-state index in [0.717, 1.165) is 22.7 Å². The summed E-state index contributed by atoms with van der Waals surface area (Å²) in [4.78, 5) is 18.4. The van der Waals surface area contributed by atoms with Gasteiger partial charge in [0.25, 0.3) is 0 Å². The van der Waals surface area contributed by atoms with E-state index in [-0.39, 0.29) is 11.6 Å². The smallest absolute Gasteiger partial charge is 0.346 e. The van der Waals surface area contributed by atoms with E-state index in [2.05, 4.69) is 16.4 Å². The molecule has 10 heteroatoms. The molecule has 0 aliphatic rings. The molecule has 0 spiro atoms. The number of thiazole rings is 1. The van der Waals surface area contributed by atoms with Crippen LogP contribution in [0.25, 0.3) is 0 Å². The minimum absolute atomic E-state index is 0.161. The maximum atomic E-state index is 14.1. The third kappa shape index (κ3) is 7.70. The highest BCUT2D eigenvalue weighted by Crippen LogP contribution is 2.27. The van der Waals surface area contributed by atoms with E-state index in [4.69, 9.17) is 4.55 Å². The van der Waals surface area contributed by atoms with Crippen LogP contribution >= 0.6 is 11.3 Å². The topological polar surface area (TPSA) is 108 Å². The molecule has 0 bridgehead atoms. The lowest BCUT2D eigenvalue weighted by Gasteiger charge is -2.22. The Labute approximate surface area is 225 Å². The number of amides is 1. The molecule has 0 aliphatic heterocycles. The lowest BCUT2D eigenvalue weighted by Crippen LogP contribution is -2.35. The quantitative estimate of drug-likeness (QED) is 0.219. The molecule has 2 atom stereocenters. The molecule has 0 saturated carbocycles. The Morgan fingerprint density at radius 1 is 1.11 bits per heavy atom. The van der Waals surface area contributed by atoms with Crippen LogP contribution in [0, 0.1) is 11.9 Å². The first-order chi connectivity index (χ1) is 18.2. The Bertz CT molecular complexity index is 1480. The van der Waals surface area contributed by atoms with Gasteiger partial charge in [0.15, 0.2) is 0 Å². The number of nitrogens with zero attached hydrogens (tertiary/aromatic N) is 1. The molecule has 7 nitrogen and oxygen atoms in total. The fraction of sp³-hybridized carbons (Fsp3) is 0.214. The Balaban J connectivity index is 1.61. The number of hydrogen-bond donors (Lipinski definition) is 3. The van der Waals surface area contributed by atoms with Gasteiger partial charge in [-0.1, -0.05) is 55.5 Å². The van der Waals surface area contributed by atoms with E-state index in [1.54, 1.807) is 18.2 Å². The molecule has 1 amide bonds. The molecular weight excluding hydrogens is 525 g/mol.